The van der Waals surface area contributed by atoms with Gasteiger partial charge in [0.25, 0.3) is 0 Å². The lowest BCUT2D eigenvalue weighted by Gasteiger charge is -2.25. The average Bonchev–Trinajstić information content (AvgIpc) is 2.32. The maximum absolute atomic E-state index is 9.72. The van der Waals surface area contributed by atoms with E-state index >= 15 is 0 Å². The van der Waals surface area contributed by atoms with Gasteiger partial charge in [0.15, 0.2) is 0 Å². The first-order chi connectivity index (χ1) is 8.16. The molecule has 0 saturated heterocycles. The van der Waals surface area contributed by atoms with Crippen LogP contribution in [0.5, 0.6) is 5.75 Å². The Balaban J connectivity index is 2.13. The molecule has 1 N–H and O–H groups in total. The molecule has 0 spiro atoms. The standard InChI is InChI=1S/C14H19ClO2/c1-10(16)13-9-11(15)7-8-14(13)17-12-5-3-2-4-6-12/h7-10,12,16H,2-6H2,1H3/t10-/m1/s1. The molecule has 1 aromatic carbocycles. The van der Waals surface area contributed by atoms with Gasteiger partial charge < -0.3 is 9.84 Å². The summed E-state index contributed by atoms with van der Waals surface area (Å²) in [4.78, 5) is 0. The van der Waals surface area contributed by atoms with E-state index in [0.29, 0.717) is 11.1 Å². The minimum Gasteiger partial charge on any atom is -0.490 e. The van der Waals surface area contributed by atoms with Crippen molar-refractivity contribution < 1.29 is 9.84 Å². The Morgan fingerprint density at radius 2 is 2.00 bits per heavy atom. The second kappa shape index (κ2) is 5.74. The molecule has 0 aliphatic heterocycles. The maximum Gasteiger partial charge on any atom is 0.125 e. The highest BCUT2D eigenvalue weighted by atomic mass is 35.5. The molecule has 0 unspecified atom stereocenters. The summed E-state index contributed by atoms with van der Waals surface area (Å²) in [6.45, 7) is 1.74. The molecule has 17 heavy (non-hydrogen) atoms. The number of aliphatic hydroxyl groups excluding tert-OH is 1. The number of halogens is 1. The lowest BCUT2D eigenvalue weighted by atomic mass is 9.97. The third-order valence-corrected chi connectivity index (χ3v) is 3.50. The summed E-state index contributed by atoms with van der Waals surface area (Å²) in [6.07, 6.45) is 5.76. The highest BCUT2D eigenvalue weighted by Gasteiger charge is 2.17. The van der Waals surface area contributed by atoms with Crippen LogP contribution in [0.3, 0.4) is 0 Å². The molecule has 3 heteroatoms. The molecule has 0 heterocycles. The van der Waals surface area contributed by atoms with E-state index in [-0.39, 0.29) is 0 Å². The number of ether oxygens (including phenoxy) is 1. The number of aliphatic hydroxyl groups is 1. The van der Waals surface area contributed by atoms with E-state index in [4.69, 9.17) is 16.3 Å². The molecule has 0 radical (unpaired) electrons. The fourth-order valence-corrected chi connectivity index (χ4v) is 2.50. The van der Waals surface area contributed by atoms with Crippen LogP contribution >= 0.6 is 11.6 Å². The van der Waals surface area contributed by atoms with Crippen LogP contribution in [0.2, 0.25) is 5.02 Å². The van der Waals surface area contributed by atoms with E-state index in [1.54, 1.807) is 13.0 Å². The topological polar surface area (TPSA) is 29.5 Å². The third-order valence-electron chi connectivity index (χ3n) is 3.27. The zero-order valence-corrected chi connectivity index (χ0v) is 10.9. The number of hydrogen-bond acceptors (Lipinski definition) is 2. The Hall–Kier alpha value is -0.730. The van der Waals surface area contributed by atoms with Crippen LogP contribution in [0.25, 0.3) is 0 Å². The molecule has 1 aromatic rings. The lowest BCUT2D eigenvalue weighted by Crippen LogP contribution is -2.20. The quantitative estimate of drug-likeness (QED) is 0.880. The van der Waals surface area contributed by atoms with Gasteiger partial charge in [0, 0.05) is 10.6 Å². The Kier molecular flexibility index (Phi) is 4.30. The molecule has 94 valence electrons. The van der Waals surface area contributed by atoms with Crippen molar-refractivity contribution in [1.29, 1.82) is 0 Å². The second-order valence-electron chi connectivity index (χ2n) is 4.74. The third kappa shape index (κ3) is 3.36. The fourth-order valence-electron chi connectivity index (χ4n) is 2.32. The zero-order chi connectivity index (χ0) is 12.3. The highest BCUT2D eigenvalue weighted by molar-refractivity contribution is 6.30. The van der Waals surface area contributed by atoms with Crippen LogP contribution in [0.4, 0.5) is 0 Å². The van der Waals surface area contributed by atoms with Crippen molar-refractivity contribution in [2.24, 2.45) is 0 Å². The summed E-state index contributed by atoms with van der Waals surface area (Å²) >= 11 is 5.94. The van der Waals surface area contributed by atoms with E-state index in [2.05, 4.69) is 0 Å². The first kappa shape index (κ1) is 12.7. The first-order valence-corrected chi connectivity index (χ1v) is 6.69. The van der Waals surface area contributed by atoms with Crippen LogP contribution < -0.4 is 4.74 Å². The Labute approximate surface area is 108 Å². The fraction of sp³-hybridized carbons (Fsp3) is 0.571. The van der Waals surface area contributed by atoms with Crippen LogP contribution in [0, 0.1) is 0 Å². The summed E-state index contributed by atoms with van der Waals surface area (Å²) in [5.74, 6) is 0.774. The van der Waals surface area contributed by atoms with E-state index in [1.807, 2.05) is 12.1 Å². The minimum absolute atomic E-state index is 0.294. The van der Waals surface area contributed by atoms with Gasteiger partial charge in [0.2, 0.25) is 0 Å². The predicted octanol–water partition coefficient (Wildman–Crippen LogP) is 4.10. The molecule has 2 nitrogen and oxygen atoms in total. The Morgan fingerprint density at radius 1 is 1.29 bits per heavy atom. The van der Waals surface area contributed by atoms with Crippen molar-refractivity contribution in [3.05, 3.63) is 28.8 Å². The molecule has 0 amide bonds. The molecule has 0 aromatic heterocycles. The van der Waals surface area contributed by atoms with Crippen molar-refractivity contribution in [2.75, 3.05) is 0 Å². The number of rotatable bonds is 3. The van der Waals surface area contributed by atoms with Crippen molar-refractivity contribution in [1.82, 2.24) is 0 Å². The minimum atomic E-state index is -0.549. The molecule has 1 saturated carbocycles. The van der Waals surface area contributed by atoms with Crippen molar-refractivity contribution in [3.8, 4) is 5.75 Å². The molecular formula is C14H19ClO2. The van der Waals surface area contributed by atoms with Gasteiger partial charge in [-0.1, -0.05) is 18.0 Å². The van der Waals surface area contributed by atoms with Gasteiger partial charge in [0.1, 0.15) is 5.75 Å². The molecule has 1 aliphatic rings. The van der Waals surface area contributed by atoms with Gasteiger partial charge in [-0.15, -0.1) is 0 Å². The summed E-state index contributed by atoms with van der Waals surface area (Å²) in [7, 11) is 0. The normalized spacial score (nSPS) is 19.0. The van der Waals surface area contributed by atoms with Crippen LogP contribution in [0.1, 0.15) is 50.7 Å². The van der Waals surface area contributed by atoms with Crippen molar-refractivity contribution in [3.63, 3.8) is 0 Å². The van der Waals surface area contributed by atoms with E-state index in [0.717, 1.165) is 24.2 Å². The van der Waals surface area contributed by atoms with Crippen LogP contribution in [0.15, 0.2) is 18.2 Å². The number of benzene rings is 1. The van der Waals surface area contributed by atoms with E-state index in [1.165, 1.54) is 19.3 Å². The molecule has 2 rings (SSSR count). The Bertz CT molecular complexity index is 370. The van der Waals surface area contributed by atoms with E-state index < -0.39 is 6.10 Å². The molecule has 1 aliphatic carbocycles. The average molecular weight is 255 g/mol. The van der Waals surface area contributed by atoms with Gasteiger partial charge in [-0.25, -0.2) is 0 Å². The van der Waals surface area contributed by atoms with Gasteiger partial charge in [-0.2, -0.15) is 0 Å². The molecule has 0 bridgehead atoms. The van der Waals surface area contributed by atoms with E-state index in [9.17, 15) is 5.11 Å². The largest absolute Gasteiger partial charge is 0.490 e. The summed E-state index contributed by atoms with van der Waals surface area (Å²) in [5, 5.41) is 10.4. The smallest absolute Gasteiger partial charge is 0.125 e. The predicted molar refractivity (Wildman–Crippen MR) is 69.6 cm³/mol. The van der Waals surface area contributed by atoms with Crippen molar-refractivity contribution >= 4 is 11.6 Å². The van der Waals surface area contributed by atoms with Gasteiger partial charge in [-0.05, 0) is 50.8 Å². The highest BCUT2D eigenvalue weighted by Crippen LogP contribution is 2.31. The zero-order valence-electron chi connectivity index (χ0n) is 10.2. The second-order valence-corrected chi connectivity index (χ2v) is 5.17. The Morgan fingerprint density at radius 3 is 2.65 bits per heavy atom. The summed E-state index contributed by atoms with van der Waals surface area (Å²) < 4.78 is 5.98. The van der Waals surface area contributed by atoms with Gasteiger partial charge >= 0.3 is 0 Å². The maximum atomic E-state index is 9.72. The number of hydrogen-bond donors (Lipinski definition) is 1. The van der Waals surface area contributed by atoms with Gasteiger partial charge in [-0.3, -0.25) is 0 Å². The van der Waals surface area contributed by atoms with Crippen molar-refractivity contribution in [2.45, 2.75) is 51.2 Å². The molecule has 1 atom stereocenters. The summed E-state index contributed by atoms with van der Waals surface area (Å²) in [5.41, 5.74) is 0.781. The SMILES string of the molecule is C[C@@H](O)c1cc(Cl)ccc1OC1CCCCC1. The van der Waals surface area contributed by atoms with Crippen LogP contribution in [-0.4, -0.2) is 11.2 Å². The summed E-state index contributed by atoms with van der Waals surface area (Å²) in [6, 6.07) is 5.45. The van der Waals surface area contributed by atoms with Crippen LogP contribution in [-0.2, 0) is 0 Å². The lowest BCUT2D eigenvalue weighted by molar-refractivity contribution is 0.142. The first-order valence-electron chi connectivity index (χ1n) is 6.31. The molecule has 1 fully saturated rings. The monoisotopic (exact) mass is 254 g/mol. The van der Waals surface area contributed by atoms with Gasteiger partial charge in [0.05, 0.1) is 12.2 Å². The molecular weight excluding hydrogens is 236 g/mol.